The molecule has 1 atom stereocenters. The Kier molecular flexibility index (Phi) is 6.65. The molecule has 0 aliphatic rings. The number of likely N-dealkylation sites (N-methyl/N-ethyl adjacent to an activating group) is 1. The molecule has 0 radical (unpaired) electrons. The van der Waals surface area contributed by atoms with Crippen LogP contribution in [-0.2, 0) is 11.3 Å². The molecule has 1 rings (SSSR count). The minimum Gasteiger partial charge on any atom is -0.389 e. The van der Waals surface area contributed by atoms with Crippen LogP contribution in [0.5, 0.6) is 0 Å². The fourth-order valence-corrected chi connectivity index (χ4v) is 2.25. The first kappa shape index (κ1) is 18.0. The van der Waals surface area contributed by atoms with Crippen molar-refractivity contribution in [3.05, 3.63) is 29.3 Å². The average molecular weight is 294 g/mol. The molecule has 4 nitrogen and oxygen atoms in total. The molecule has 0 fully saturated rings. The molecular weight excluding hydrogens is 264 g/mol. The van der Waals surface area contributed by atoms with Gasteiger partial charge in [-0.15, -0.1) is 0 Å². The fraction of sp³-hybridized carbons (Fsp3) is 0.647. The Labute approximate surface area is 129 Å². The third-order valence-corrected chi connectivity index (χ3v) is 3.30. The SMILES string of the molecule is COCC(O)CN(C)c1ccc(C)cc1CNC(C)(C)C. The summed E-state index contributed by atoms with van der Waals surface area (Å²) in [6.07, 6.45) is -0.482. The number of nitrogens with one attached hydrogen (secondary N) is 1. The summed E-state index contributed by atoms with van der Waals surface area (Å²) >= 11 is 0. The molecule has 1 aromatic rings. The van der Waals surface area contributed by atoms with E-state index in [1.54, 1.807) is 7.11 Å². The van der Waals surface area contributed by atoms with Gasteiger partial charge >= 0.3 is 0 Å². The summed E-state index contributed by atoms with van der Waals surface area (Å²) in [6.45, 7) is 10.3. The van der Waals surface area contributed by atoms with E-state index in [4.69, 9.17) is 4.74 Å². The number of aliphatic hydroxyl groups is 1. The standard InChI is InChI=1S/C17H30N2O2/c1-13-7-8-16(19(5)11-15(20)12-21-6)14(9-13)10-18-17(2,3)4/h7-9,15,18,20H,10-12H2,1-6H3. The van der Waals surface area contributed by atoms with Crippen LogP contribution in [0.15, 0.2) is 18.2 Å². The molecule has 0 aromatic heterocycles. The van der Waals surface area contributed by atoms with Crippen LogP contribution in [0.3, 0.4) is 0 Å². The van der Waals surface area contributed by atoms with Crippen molar-refractivity contribution < 1.29 is 9.84 Å². The summed E-state index contributed by atoms with van der Waals surface area (Å²) in [5.74, 6) is 0. The number of ether oxygens (including phenoxy) is 1. The monoisotopic (exact) mass is 294 g/mol. The van der Waals surface area contributed by atoms with Gasteiger partial charge in [-0.1, -0.05) is 17.7 Å². The van der Waals surface area contributed by atoms with Crippen LogP contribution in [0.2, 0.25) is 0 Å². The smallest absolute Gasteiger partial charge is 0.0947 e. The predicted octanol–water partition coefficient (Wildman–Crippen LogP) is 2.33. The Bertz CT molecular complexity index is 441. The summed E-state index contributed by atoms with van der Waals surface area (Å²) in [5, 5.41) is 13.4. The molecule has 120 valence electrons. The maximum atomic E-state index is 9.90. The number of aryl methyl sites for hydroxylation is 1. The number of nitrogens with zero attached hydrogens (tertiary/aromatic N) is 1. The number of rotatable bonds is 7. The zero-order valence-electron chi connectivity index (χ0n) is 14.2. The van der Waals surface area contributed by atoms with Gasteiger partial charge in [0.2, 0.25) is 0 Å². The normalized spacial score (nSPS) is 13.3. The Morgan fingerprint density at radius 2 is 2.00 bits per heavy atom. The Morgan fingerprint density at radius 1 is 1.33 bits per heavy atom. The highest BCUT2D eigenvalue weighted by Gasteiger charge is 2.14. The maximum absolute atomic E-state index is 9.90. The van der Waals surface area contributed by atoms with E-state index >= 15 is 0 Å². The van der Waals surface area contributed by atoms with E-state index in [9.17, 15) is 5.11 Å². The molecule has 0 saturated heterocycles. The Balaban J connectivity index is 2.85. The molecule has 4 heteroatoms. The third-order valence-electron chi connectivity index (χ3n) is 3.30. The van der Waals surface area contributed by atoms with Gasteiger partial charge in [-0.25, -0.2) is 0 Å². The van der Waals surface area contributed by atoms with Crippen LogP contribution in [-0.4, -0.2) is 44.1 Å². The second kappa shape index (κ2) is 7.78. The molecule has 21 heavy (non-hydrogen) atoms. The lowest BCUT2D eigenvalue weighted by Gasteiger charge is -2.27. The highest BCUT2D eigenvalue weighted by Crippen LogP contribution is 2.22. The minimum atomic E-state index is -0.482. The molecular formula is C17H30N2O2. The quantitative estimate of drug-likeness (QED) is 0.810. The topological polar surface area (TPSA) is 44.7 Å². The molecule has 0 heterocycles. The van der Waals surface area contributed by atoms with Crippen molar-refractivity contribution in [1.29, 1.82) is 0 Å². The van der Waals surface area contributed by atoms with Crippen LogP contribution < -0.4 is 10.2 Å². The first-order chi connectivity index (χ1) is 9.73. The van der Waals surface area contributed by atoms with Crippen LogP contribution >= 0.6 is 0 Å². The van der Waals surface area contributed by atoms with Gasteiger partial charge in [0, 0.05) is 38.5 Å². The number of methoxy groups -OCH3 is 1. The van der Waals surface area contributed by atoms with Crippen molar-refractivity contribution in [2.75, 3.05) is 32.2 Å². The molecule has 1 unspecified atom stereocenters. The van der Waals surface area contributed by atoms with Gasteiger partial charge < -0.3 is 20.1 Å². The largest absolute Gasteiger partial charge is 0.389 e. The Hall–Kier alpha value is -1.10. The molecule has 0 aliphatic carbocycles. The summed E-state index contributed by atoms with van der Waals surface area (Å²) in [6, 6.07) is 6.43. The number of hydrogen-bond acceptors (Lipinski definition) is 4. The lowest BCUT2D eigenvalue weighted by atomic mass is 10.1. The van der Waals surface area contributed by atoms with Gasteiger partial charge in [0.05, 0.1) is 12.7 Å². The van der Waals surface area contributed by atoms with Crippen molar-refractivity contribution >= 4 is 5.69 Å². The van der Waals surface area contributed by atoms with Gasteiger partial charge in [0.15, 0.2) is 0 Å². The molecule has 0 aliphatic heterocycles. The Morgan fingerprint density at radius 3 is 2.57 bits per heavy atom. The van der Waals surface area contributed by atoms with E-state index < -0.39 is 6.10 Å². The molecule has 0 amide bonds. The van der Waals surface area contributed by atoms with E-state index in [2.05, 4.69) is 56.1 Å². The molecule has 0 bridgehead atoms. The minimum absolute atomic E-state index is 0.0785. The van der Waals surface area contributed by atoms with Gasteiger partial charge in [-0.2, -0.15) is 0 Å². The molecule has 0 saturated carbocycles. The molecule has 0 spiro atoms. The van der Waals surface area contributed by atoms with Crippen molar-refractivity contribution in [2.24, 2.45) is 0 Å². The second-order valence-corrected chi connectivity index (χ2v) is 6.73. The number of aliphatic hydroxyl groups excluding tert-OH is 1. The zero-order chi connectivity index (χ0) is 16.0. The van der Waals surface area contributed by atoms with Gasteiger partial charge in [0.25, 0.3) is 0 Å². The van der Waals surface area contributed by atoms with Gasteiger partial charge in [-0.3, -0.25) is 0 Å². The summed E-state index contributed by atoms with van der Waals surface area (Å²) in [4.78, 5) is 2.09. The average Bonchev–Trinajstić information content (AvgIpc) is 2.35. The van der Waals surface area contributed by atoms with E-state index in [0.717, 1.165) is 12.2 Å². The van der Waals surface area contributed by atoms with Crippen LogP contribution in [0.4, 0.5) is 5.69 Å². The van der Waals surface area contributed by atoms with Crippen molar-refractivity contribution in [1.82, 2.24) is 5.32 Å². The number of benzene rings is 1. The number of anilines is 1. The summed E-state index contributed by atoms with van der Waals surface area (Å²) in [5.41, 5.74) is 3.72. The van der Waals surface area contributed by atoms with Crippen LogP contribution in [0.1, 0.15) is 31.9 Å². The van der Waals surface area contributed by atoms with Crippen LogP contribution in [0.25, 0.3) is 0 Å². The third kappa shape index (κ3) is 6.46. The zero-order valence-corrected chi connectivity index (χ0v) is 14.2. The first-order valence-corrected chi connectivity index (χ1v) is 7.45. The van der Waals surface area contributed by atoms with Gasteiger partial charge in [-0.05, 0) is 39.3 Å². The molecule has 1 aromatic carbocycles. The van der Waals surface area contributed by atoms with E-state index in [-0.39, 0.29) is 5.54 Å². The van der Waals surface area contributed by atoms with Crippen molar-refractivity contribution in [3.63, 3.8) is 0 Å². The highest BCUT2D eigenvalue weighted by molar-refractivity contribution is 5.54. The van der Waals surface area contributed by atoms with E-state index in [0.29, 0.717) is 13.2 Å². The van der Waals surface area contributed by atoms with Gasteiger partial charge in [0.1, 0.15) is 0 Å². The number of hydrogen-bond donors (Lipinski definition) is 2. The second-order valence-electron chi connectivity index (χ2n) is 6.73. The predicted molar refractivity (Wildman–Crippen MR) is 88.9 cm³/mol. The van der Waals surface area contributed by atoms with E-state index in [1.165, 1.54) is 11.1 Å². The van der Waals surface area contributed by atoms with Crippen molar-refractivity contribution in [2.45, 2.75) is 45.9 Å². The highest BCUT2D eigenvalue weighted by atomic mass is 16.5. The van der Waals surface area contributed by atoms with Crippen LogP contribution in [0, 0.1) is 6.92 Å². The van der Waals surface area contributed by atoms with Crippen molar-refractivity contribution in [3.8, 4) is 0 Å². The maximum Gasteiger partial charge on any atom is 0.0947 e. The fourth-order valence-electron chi connectivity index (χ4n) is 2.25. The first-order valence-electron chi connectivity index (χ1n) is 7.45. The summed E-state index contributed by atoms with van der Waals surface area (Å²) in [7, 11) is 3.61. The lowest BCUT2D eigenvalue weighted by molar-refractivity contribution is 0.0695. The summed E-state index contributed by atoms with van der Waals surface area (Å²) < 4.78 is 4.99. The lowest BCUT2D eigenvalue weighted by Crippen LogP contribution is -2.36. The molecule has 2 N–H and O–H groups in total. The van der Waals surface area contributed by atoms with E-state index in [1.807, 2.05) is 7.05 Å².